The van der Waals surface area contributed by atoms with Crippen molar-refractivity contribution >= 4 is 5.69 Å². The average Bonchev–Trinajstić information content (AvgIpc) is 2.52. The highest BCUT2D eigenvalue weighted by Crippen LogP contribution is 2.24. The van der Waals surface area contributed by atoms with E-state index in [4.69, 9.17) is 14.7 Å². The Kier molecular flexibility index (Phi) is 4.68. The fraction of sp³-hybridized carbons (Fsp3) is 0.235. The largest absolute Gasteiger partial charge is 0.496 e. The molecule has 2 aromatic carbocycles. The Morgan fingerprint density at radius 2 is 1.76 bits per heavy atom. The number of rotatable bonds is 5. The normalized spacial score (nSPS) is 9.81. The van der Waals surface area contributed by atoms with E-state index in [1.54, 1.807) is 20.3 Å². The molecule has 4 nitrogen and oxygen atoms in total. The van der Waals surface area contributed by atoms with Gasteiger partial charge in [0.25, 0.3) is 0 Å². The van der Waals surface area contributed by atoms with Gasteiger partial charge in [-0.3, -0.25) is 0 Å². The van der Waals surface area contributed by atoms with Gasteiger partial charge in [0.05, 0.1) is 25.9 Å². The highest BCUT2D eigenvalue weighted by Gasteiger charge is 2.05. The van der Waals surface area contributed by atoms with E-state index in [0.29, 0.717) is 12.1 Å². The van der Waals surface area contributed by atoms with Gasteiger partial charge in [0.1, 0.15) is 11.5 Å². The topological polar surface area (TPSA) is 54.3 Å². The van der Waals surface area contributed by atoms with Crippen molar-refractivity contribution in [2.24, 2.45) is 0 Å². The number of methoxy groups -OCH3 is 2. The van der Waals surface area contributed by atoms with Crippen LogP contribution in [0.5, 0.6) is 11.5 Å². The van der Waals surface area contributed by atoms with Crippen LogP contribution in [0, 0.1) is 18.3 Å². The van der Waals surface area contributed by atoms with Crippen molar-refractivity contribution in [1.29, 1.82) is 5.26 Å². The second-order valence-corrected chi connectivity index (χ2v) is 4.68. The van der Waals surface area contributed by atoms with E-state index >= 15 is 0 Å². The Hall–Kier alpha value is -2.67. The molecule has 1 N–H and O–H groups in total. The maximum atomic E-state index is 8.98. The predicted molar refractivity (Wildman–Crippen MR) is 82.8 cm³/mol. The molecule has 0 unspecified atom stereocenters. The molecule has 0 amide bonds. The second kappa shape index (κ2) is 6.67. The molecule has 0 aliphatic rings. The van der Waals surface area contributed by atoms with Gasteiger partial charge in [0, 0.05) is 17.8 Å². The maximum absolute atomic E-state index is 8.98. The molecule has 0 heterocycles. The van der Waals surface area contributed by atoms with Crippen LogP contribution in [0.2, 0.25) is 0 Å². The van der Waals surface area contributed by atoms with Gasteiger partial charge in [-0.25, -0.2) is 0 Å². The van der Waals surface area contributed by atoms with Gasteiger partial charge in [0.2, 0.25) is 0 Å². The summed E-state index contributed by atoms with van der Waals surface area (Å²) in [6, 6.07) is 13.5. The Bertz CT molecular complexity index is 675. The third kappa shape index (κ3) is 3.46. The summed E-state index contributed by atoms with van der Waals surface area (Å²) in [6.07, 6.45) is 0. The summed E-state index contributed by atoms with van der Waals surface area (Å²) in [5.41, 5.74) is 3.64. The molecule has 0 saturated heterocycles. The van der Waals surface area contributed by atoms with Gasteiger partial charge in [-0.15, -0.1) is 0 Å². The standard InChI is InChI=1S/C17H18N2O2/c1-12-8-15(5-7-16(12)20-2)19-11-14-9-13(10-18)4-6-17(14)21-3/h4-9,19H,11H2,1-3H3. The summed E-state index contributed by atoms with van der Waals surface area (Å²) in [4.78, 5) is 0. The summed E-state index contributed by atoms with van der Waals surface area (Å²) in [6.45, 7) is 2.59. The summed E-state index contributed by atoms with van der Waals surface area (Å²) in [7, 11) is 3.29. The fourth-order valence-electron chi connectivity index (χ4n) is 2.17. The third-order valence-electron chi connectivity index (χ3n) is 3.29. The molecule has 0 aromatic heterocycles. The van der Waals surface area contributed by atoms with Crippen LogP contribution >= 0.6 is 0 Å². The molecule has 0 radical (unpaired) electrons. The molecule has 108 valence electrons. The first-order valence-electron chi connectivity index (χ1n) is 6.63. The lowest BCUT2D eigenvalue weighted by Crippen LogP contribution is -2.02. The van der Waals surface area contributed by atoms with E-state index in [1.165, 1.54) is 0 Å². The van der Waals surface area contributed by atoms with Gasteiger partial charge >= 0.3 is 0 Å². The van der Waals surface area contributed by atoms with E-state index in [1.807, 2.05) is 37.3 Å². The molecular formula is C17H18N2O2. The molecule has 0 spiro atoms. The Morgan fingerprint density at radius 1 is 1.05 bits per heavy atom. The van der Waals surface area contributed by atoms with E-state index < -0.39 is 0 Å². The summed E-state index contributed by atoms with van der Waals surface area (Å²) >= 11 is 0. The molecule has 2 rings (SSSR count). The van der Waals surface area contributed by atoms with Crippen LogP contribution in [0.4, 0.5) is 5.69 Å². The number of nitrogens with one attached hydrogen (secondary N) is 1. The summed E-state index contributed by atoms with van der Waals surface area (Å²) in [5, 5.41) is 12.3. The summed E-state index contributed by atoms with van der Waals surface area (Å²) in [5.74, 6) is 1.64. The van der Waals surface area contributed by atoms with Crippen LogP contribution in [-0.4, -0.2) is 14.2 Å². The molecule has 0 aliphatic carbocycles. The highest BCUT2D eigenvalue weighted by atomic mass is 16.5. The summed E-state index contributed by atoms with van der Waals surface area (Å²) < 4.78 is 10.6. The lowest BCUT2D eigenvalue weighted by atomic mass is 10.1. The van der Waals surface area contributed by atoms with Crippen molar-refractivity contribution in [3.8, 4) is 17.6 Å². The van der Waals surface area contributed by atoms with Gasteiger partial charge in [-0.2, -0.15) is 5.26 Å². The van der Waals surface area contributed by atoms with Crippen LogP contribution in [0.3, 0.4) is 0 Å². The molecule has 0 atom stereocenters. The number of aryl methyl sites for hydroxylation is 1. The highest BCUT2D eigenvalue weighted by molar-refractivity contribution is 5.52. The zero-order valence-electron chi connectivity index (χ0n) is 12.4. The average molecular weight is 282 g/mol. The molecule has 0 saturated carbocycles. The van der Waals surface area contributed by atoms with Crippen molar-refractivity contribution in [2.75, 3.05) is 19.5 Å². The second-order valence-electron chi connectivity index (χ2n) is 4.68. The predicted octanol–water partition coefficient (Wildman–Crippen LogP) is 3.50. The van der Waals surface area contributed by atoms with Gasteiger partial charge in [0.15, 0.2) is 0 Å². The molecule has 0 fully saturated rings. The number of ether oxygens (including phenoxy) is 2. The molecule has 4 heteroatoms. The maximum Gasteiger partial charge on any atom is 0.123 e. The number of anilines is 1. The van der Waals surface area contributed by atoms with E-state index in [2.05, 4.69) is 11.4 Å². The number of hydrogen-bond acceptors (Lipinski definition) is 4. The monoisotopic (exact) mass is 282 g/mol. The van der Waals surface area contributed by atoms with Crippen molar-refractivity contribution in [3.05, 3.63) is 53.1 Å². The van der Waals surface area contributed by atoms with E-state index in [9.17, 15) is 0 Å². The molecule has 2 aromatic rings. The fourth-order valence-corrected chi connectivity index (χ4v) is 2.17. The first-order chi connectivity index (χ1) is 10.2. The molecule has 0 aliphatic heterocycles. The number of nitrogens with zero attached hydrogens (tertiary/aromatic N) is 1. The number of benzene rings is 2. The van der Waals surface area contributed by atoms with Crippen LogP contribution < -0.4 is 14.8 Å². The van der Waals surface area contributed by atoms with Crippen molar-refractivity contribution in [3.63, 3.8) is 0 Å². The zero-order valence-corrected chi connectivity index (χ0v) is 12.4. The van der Waals surface area contributed by atoms with Crippen LogP contribution in [0.25, 0.3) is 0 Å². The zero-order chi connectivity index (χ0) is 15.2. The Labute approximate surface area is 124 Å². The van der Waals surface area contributed by atoms with Crippen LogP contribution in [-0.2, 0) is 6.54 Å². The Morgan fingerprint density at radius 3 is 2.38 bits per heavy atom. The lowest BCUT2D eigenvalue weighted by molar-refractivity contribution is 0.410. The van der Waals surface area contributed by atoms with E-state index in [0.717, 1.165) is 28.3 Å². The molecular weight excluding hydrogens is 264 g/mol. The van der Waals surface area contributed by atoms with E-state index in [-0.39, 0.29) is 0 Å². The lowest BCUT2D eigenvalue weighted by Gasteiger charge is -2.12. The van der Waals surface area contributed by atoms with Crippen molar-refractivity contribution in [2.45, 2.75) is 13.5 Å². The Balaban J connectivity index is 2.16. The first kappa shape index (κ1) is 14.7. The smallest absolute Gasteiger partial charge is 0.123 e. The van der Waals surface area contributed by atoms with Gasteiger partial charge in [-0.1, -0.05) is 0 Å². The minimum atomic E-state index is 0.588. The van der Waals surface area contributed by atoms with Gasteiger partial charge < -0.3 is 14.8 Å². The minimum Gasteiger partial charge on any atom is -0.496 e. The minimum absolute atomic E-state index is 0.588. The number of nitriles is 1. The van der Waals surface area contributed by atoms with Crippen molar-refractivity contribution < 1.29 is 9.47 Å². The molecule has 0 bridgehead atoms. The number of hydrogen-bond donors (Lipinski definition) is 1. The van der Waals surface area contributed by atoms with Crippen LogP contribution in [0.1, 0.15) is 16.7 Å². The molecule has 21 heavy (non-hydrogen) atoms. The first-order valence-corrected chi connectivity index (χ1v) is 6.63. The SMILES string of the molecule is COc1ccc(NCc2cc(C#N)ccc2OC)cc1C. The third-order valence-corrected chi connectivity index (χ3v) is 3.29. The van der Waals surface area contributed by atoms with Crippen LogP contribution in [0.15, 0.2) is 36.4 Å². The quantitative estimate of drug-likeness (QED) is 0.912. The van der Waals surface area contributed by atoms with Gasteiger partial charge in [-0.05, 0) is 48.9 Å². The van der Waals surface area contributed by atoms with Crippen molar-refractivity contribution in [1.82, 2.24) is 0 Å².